The van der Waals surface area contributed by atoms with E-state index in [-0.39, 0.29) is 26.2 Å². The minimum Gasteiger partial charge on any atom is -0.496 e. The standard InChI is InChI=1S/C46H55N3O11/c1-29-40(54-5)34(25-36(41(29)55-6)58-27-31-20-14-10-15-21-31)39(49(26-30-18-12-9-13-19-30)45(53)59-28-32-22-16-11-17-23-32)38(48-44(52)60-46(2,3)4)37-33(42(50)56-7)24-35(47-37)43(51)57-8/h9-23,25,33,35,37-39,47H,24,26-28H2,1-8H3,(H,48,52)/t33-,35-,37+,38-,39-/m1/s1. The average Bonchev–Trinajstić information content (AvgIpc) is 3.69. The Morgan fingerprint density at radius 2 is 1.32 bits per heavy atom. The van der Waals surface area contributed by atoms with Gasteiger partial charge in [-0.25, -0.2) is 9.59 Å². The van der Waals surface area contributed by atoms with E-state index in [9.17, 15) is 19.2 Å². The van der Waals surface area contributed by atoms with E-state index >= 15 is 0 Å². The van der Waals surface area contributed by atoms with Crippen LogP contribution in [0.4, 0.5) is 9.59 Å². The number of ether oxygens (including phenoxy) is 7. The molecular weight excluding hydrogens is 771 g/mol. The number of amides is 2. The van der Waals surface area contributed by atoms with Crippen LogP contribution >= 0.6 is 0 Å². The van der Waals surface area contributed by atoms with Crippen LogP contribution in [0.3, 0.4) is 0 Å². The summed E-state index contributed by atoms with van der Waals surface area (Å²) in [4.78, 5) is 57.4. The molecule has 1 aliphatic heterocycles. The normalized spacial score (nSPS) is 17.0. The molecule has 14 heteroatoms. The molecule has 0 bridgehead atoms. The lowest BCUT2D eigenvalue weighted by atomic mass is 9.84. The van der Waals surface area contributed by atoms with Crippen molar-refractivity contribution in [3.8, 4) is 17.2 Å². The van der Waals surface area contributed by atoms with Gasteiger partial charge in [0.15, 0.2) is 11.5 Å². The lowest BCUT2D eigenvalue weighted by Crippen LogP contribution is -2.59. The first-order valence-electron chi connectivity index (χ1n) is 19.6. The molecule has 4 aromatic rings. The predicted molar refractivity (Wildman–Crippen MR) is 222 cm³/mol. The Bertz CT molecular complexity index is 2060. The monoisotopic (exact) mass is 825 g/mol. The molecule has 0 unspecified atom stereocenters. The summed E-state index contributed by atoms with van der Waals surface area (Å²) < 4.78 is 40.8. The largest absolute Gasteiger partial charge is 0.496 e. The van der Waals surface area contributed by atoms with Crippen LogP contribution in [0.2, 0.25) is 0 Å². The Hall–Kier alpha value is -6.28. The zero-order chi connectivity index (χ0) is 43.4. The average molecular weight is 826 g/mol. The van der Waals surface area contributed by atoms with Crippen LogP contribution in [0.5, 0.6) is 17.2 Å². The van der Waals surface area contributed by atoms with Gasteiger partial charge in [-0.2, -0.15) is 0 Å². The Morgan fingerprint density at radius 3 is 1.85 bits per heavy atom. The van der Waals surface area contributed by atoms with Crippen molar-refractivity contribution in [2.75, 3.05) is 28.4 Å². The van der Waals surface area contributed by atoms with Crippen molar-refractivity contribution >= 4 is 24.1 Å². The van der Waals surface area contributed by atoms with E-state index in [2.05, 4.69) is 10.6 Å². The van der Waals surface area contributed by atoms with Crippen molar-refractivity contribution in [1.29, 1.82) is 0 Å². The first-order valence-corrected chi connectivity index (χ1v) is 19.6. The highest BCUT2D eigenvalue weighted by atomic mass is 16.6. The number of carbonyl (C=O) groups excluding carboxylic acids is 4. The number of carbonyl (C=O) groups is 4. The zero-order valence-electron chi connectivity index (χ0n) is 35.4. The van der Waals surface area contributed by atoms with Crippen LogP contribution in [0.25, 0.3) is 0 Å². The molecule has 1 saturated heterocycles. The highest BCUT2D eigenvalue weighted by molar-refractivity contribution is 5.81. The number of esters is 2. The lowest BCUT2D eigenvalue weighted by molar-refractivity contribution is -0.146. The van der Waals surface area contributed by atoms with E-state index in [0.29, 0.717) is 28.4 Å². The number of rotatable bonds is 16. The van der Waals surface area contributed by atoms with Gasteiger partial charge in [0.25, 0.3) is 0 Å². The summed E-state index contributed by atoms with van der Waals surface area (Å²) in [6.07, 6.45) is -1.65. The molecule has 0 aliphatic carbocycles. The molecule has 5 rings (SSSR count). The van der Waals surface area contributed by atoms with E-state index in [1.165, 1.54) is 33.3 Å². The van der Waals surface area contributed by atoms with Gasteiger partial charge in [-0.3, -0.25) is 19.8 Å². The summed E-state index contributed by atoms with van der Waals surface area (Å²) in [6.45, 7) is 6.97. The highest BCUT2D eigenvalue weighted by Gasteiger charge is 2.51. The fourth-order valence-corrected chi connectivity index (χ4v) is 7.46. The second kappa shape index (κ2) is 20.6. The van der Waals surface area contributed by atoms with Crippen LogP contribution < -0.4 is 24.8 Å². The maximum Gasteiger partial charge on any atom is 0.410 e. The maximum absolute atomic E-state index is 14.9. The SMILES string of the molecule is COC(=O)[C@H]1C[C@@H](C(=O)OC)[C@@H]([C@@H](NC(=O)OC(C)(C)C)[C@@H](c2cc(OCc3ccccc3)c(OC)c(C)c2OC)N(Cc2ccccc2)C(=O)OCc2ccccc2)N1. The third-order valence-corrected chi connectivity index (χ3v) is 10.1. The summed E-state index contributed by atoms with van der Waals surface area (Å²) in [6, 6.07) is 25.2. The molecule has 14 nitrogen and oxygen atoms in total. The van der Waals surface area contributed by atoms with Crippen LogP contribution in [0.15, 0.2) is 97.1 Å². The topological polar surface area (TPSA) is 160 Å². The summed E-state index contributed by atoms with van der Waals surface area (Å²) in [7, 11) is 5.49. The minimum atomic E-state index is -1.25. The van der Waals surface area contributed by atoms with E-state index < -0.39 is 59.8 Å². The number of methoxy groups -OCH3 is 4. The Kier molecular flexibility index (Phi) is 15.4. The van der Waals surface area contributed by atoms with Gasteiger partial charge in [0, 0.05) is 23.7 Å². The van der Waals surface area contributed by atoms with Crippen molar-refractivity contribution in [3.05, 3.63) is 125 Å². The molecule has 1 heterocycles. The van der Waals surface area contributed by atoms with E-state index in [0.717, 1.165) is 16.7 Å². The zero-order valence-corrected chi connectivity index (χ0v) is 35.4. The molecule has 0 radical (unpaired) electrons. The Balaban J connectivity index is 1.81. The third kappa shape index (κ3) is 11.3. The fourth-order valence-electron chi connectivity index (χ4n) is 7.46. The first-order chi connectivity index (χ1) is 28.8. The molecule has 60 heavy (non-hydrogen) atoms. The molecule has 5 atom stereocenters. The van der Waals surface area contributed by atoms with E-state index in [4.69, 9.17) is 33.2 Å². The number of nitrogens with zero attached hydrogens (tertiary/aromatic N) is 1. The predicted octanol–water partition coefficient (Wildman–Crippen LogP) is 7.06. The second-order valence-electron chi connectivity index (χ2n) is 15.3. The summed E-state index contributed by atoms with van der Waals surface area (Å²) in [5, 5.41) is 6.27. The molecule has 0 aromatic heterocycles. The summed E-state index contributed by atoms with van der Waals surface area (Å²) in [5.74, 6) is -1.33. The number of hydrogen-bond acceptors (Lipinski definition) is 12. The second-order valence-corrected chi connectivity index (χ2v) is 15.3. The smallest absolute Gasteiger partial charge is 0.410 e. The molecule has 2 amide bonds. The van der Waals surface area contributed by atoms with Gasteiger partial charge in [0.05, 0.1) is 46.4 Å². The van der Waals surface area contributed by atoms with Crippen molar-refractivity contribution in [2.45, 2.75) is 83.6 Å². The van der Waals surface area contributed by atoms with Crippen LogP contribution in [-0.2, 0) is 48.3 Å². The van der Waals surface area contributed by atoms with Crippen LogP contribution in [0, 0.1) is 12.8 Å². The number of hydrogen-bond donors (Lipinski definition) is 2. The van der Waals surface area contributed by atoms with Gasteiger partial charge in [-0.1, -0.05) is 91.0 Å². The van der Waals surface area contributed by atoms with Crippen LogP contribution in [0.1, 0.15) is 61.1 Å². The number of nitrogens with one attached hydrogen (secondary N) is 2. The number of benzene rings is 4. The molecular formula is C46H55N3O11. The molecule has 4 aromatic carbocycles. The third-order valence-electron chi connectivity index (χ3n) is 10.1. The fraction of sp³-hybridized carbons (Fsp3) is 0.391. The molecule has 0 spiro atoms. The molecule has 1 fully saturated rings. The van der Waals surface area contributed by atoms with Gasteiger partial charge < -0.3 is 38.5 Å². The molecule has 2 N–H and O–H groups in total. The molecule has 320 valence electrons. The first kappa shape index (κ1) is 44.8. The molecule has 0 saturated carbocycles. The van der Waals surface area contributed by atoms with Gasteiger partial charge >= 0.3 is 24.1 Å². The summed E-state index contributed by atoms with van der Waals surface area (Å²) in [5.41, 5.74) is 2.28. The Labute approximate surface area is 351 Å². The quantitative estimate of drug-likeness (QED) is 0.0877. The maximum atomic E-state index is 14.9. The van der Waals surface area contributed by atoms with Crippen molar-refractivity contribution in [3.63, 3.8) is 0 Å². The van der Waals surface area contributed by atoms with Crippen molar-refractivity contribution in [1.82, 2.24) is 15.5 Å². The van der Waals surface area contributed by atoms with Crippen molar-refractivity contribution in [2.24, 2.45) is 5.92 Å². The summed E-state index contributed by atoms with van der Waals surface area (Å²) >= 11 is 0. The lowest BCUT2D eigenvalue weighted by Gasteiger charge is -2.41. The van der Waals surface area contributed by atoms with Crippen molar-refractivity contribution < 1.29 is 52.3 Å². The minimum absolute atomic E-state index is 0.0371. The van der Waals surface area contributed by atoms with Gasteiger partial charge in [-0.05, 0) is 56.9 Å². The molecule has 1 aliphatic rings. The van der Waals surface area contributed by atoms with Gasteiger partial charge in [0.1, 0.15) is 30.6 Å². The van der Waals surface area contributed by atoms with Gasteiger partial charge in [-0.15, -0.1) is 0 Å². The number of alkyl carbamates (subject to hydrolysis) is 1. The van der Waals surface area contributed by atoms with Gasteiger partial charge in [0.2, 0.25) is 0 Å². The Morgan fingerprint density at radius 1 is 0.767 bits per heavy atom. The van der Waals surface area contributed by atoms with E-state index in [1.54, 1.807) is 33.8 Å². The van der Waals surface area contributed by atoms with E-state index in [1.807, 2.05) is 91.0 Å². The highest BCUT2D eigenvalue weighted by Crippen LogP contribution is 2.46. The van der Waals surface area contributed by atoms with Crippen LogP contribution in [-0.4, -0.2) is 81.2 Å².